The van der Waals surface area contributed by atoms with Crippen molar-refractivity contribution in [2.45, 2.75) is 58.9 Å². The van der Waals surface area contributed by atoms with Crippen molar-refractivity contribution >= 4 is 0 Å². The molecule has 2 nitrogen and oxygen atoms in total. The molecule has 1 rings (SSSR count). The fourth-order valence-corrected chi connectivity index (χ4v) is 2.29. The zero-order valence-corrected chi connectivity index (χ0v) is 13.6. The van der Waals surface area contributed by atoms with Crippen molar-refractivity contribution in [1.82, 2.24) is 5.32 Å². The Morgan fingerprint density at radius 1 is 1.10 bits per heavy atom. The van der Waals surface area contributed by atoms with Crippen LogP contribution in [0.5, 0.6) is 5.75 Å². The van der Waals surface area contributed by atoms with Gasteiger partial charge in [-0.2, -0.15) is 0 Å². The monoisotopic (exact) mass is 277 g/mol. The molecule has 0 radical (unpaired) electrons. The standard InChI is InChI=1S/C18H31NO/c1-5-10-16(15-19-18(2,3)4)11-9-14-20-17-12-7-6-8-13-17/h6-8,12-13,16,19H,5,9-11,14-15H2,1-4H3. The topological polar surface area (TPSA) is 21.3 Å². The van der Waals surface area contributed by atoms with Crippen LogP contribution in [0.1, 0.15) is 53.4 Å². The smallest absolute Gasteiger partial charge is 0.119 e. The zero-order valence-electron chi connectivity index (χ0n) is 13.6. The van der Waals surface area contributed by atoms with E-state index in [4.69, 9.17) is 4.74 Å². The Labute approximate surface area is 124 Å². The van der Waals surface area contributed by atoms with Crippen molar-refractivity contribution in [3.05, 3.63) is 30.3 Å². The van der Waals surface area contributed by atoms with E-state index in [1.807, 2.05) is 30.3 Å². The van der Waals surface area contributed by atoms with Crippen LogP contribution in [-0.4, -0.2) is 18.7 Å². The molecule has 0 aliphatic rings. The predicted molar refractivity (Wildman–Crippen MR) is 87.3 cm³/mol. The van der Waals surface area contributed by atoms with Crippen LogP contribution >= 0.6 is 0 Å². The lowest BCUT2D eigenvalue weighted by atomic mass is 9.96. The lowest BCUT2D eigenvalue weighted by Crippen LogP contribution is -2.39. The van der Waals surface area contributed by atoms with E-state index in [0.29, 0.717) is 0 Å². The molecular weight excluding hydrogens is 246 g/mol. The summed E-state index contributed by atoms with van der Waals surface area (Å²) in [6.07, 6.45) is 4.93. The van der Waals surface area contributed by atoms with Gasteiger partial charge in [-0.05, 0) is 64.6 Å². The lowest BCUT2D eigenvalue weighted by molar-refractivity contribution is 0.277. The SMILES string of the molecule is CCCC(CCCOc1ccccc1)CNC(C)(C)C. The number of hydrogen-bond acceptors (Lipinski definition) is 2. The molecule has 0 spiro atoms. The van der Waals surface area contributed by atoms with Gasteiger partial charge in [0.15, 0.2) is 0 Å². The summed E-state index contributed by atoms with van der Waals surface area (Å²) in [7, 11) is 0. The predicted octanol–water partition coefficient (Wildman–Crippen LogP) is 4.65. The van der Waals surface area contributed by atoms with E-state index >= 15 is 0 Å². The molecule has 2 heteroatoms. The molecule has 0 amide bonds. The van der Waals surface area contributed by atoms with Gasteiger partial charge in [-0.1, -0.05) is 31.5 Å². The number of nitrogens with one attached hydrogen (secondary N) is 1. The highest BCUT2D eigenvalue weighted by Crippen LogP contribution is 2.15. The Morgan fingerprint density at radius 3 is 2.40 bits per heavy atom. The van der Waals surface area contributed by atoms with Crippen LogP contribution in [0.4, 0.5) is 0 Å². The van der Waals surface area contributed by atoms with Crippen molar-refractivity contribution in [2.24, 2.45) is 5.92 Å². The molecule has 20 heavy (non-hydrogen) atoms. The number of benzene rings is 1. The molecular formula is C18H31NO. The van der Waals surface area contributed by atoms with Crippen LogP contribution in [0.2, 0.25) is 0 Å². The first-order valence-electron chi connectivity index (χ1n) is 7.94. The Kier molecular flexibility index (Phi) is 7.68. The van der Waals surface area contributed by atoms with Crippen LogP contribution < -0.4 is 10.1 Å². The summed E-state index contributed by atoms with van der Waals surface area (Å²) in [6, 6.07) is 10.1. The molecule has 1 N–H and O–H groups in total. The van der Waals surface area contributed by atoms with Gasteiger partial charge in [0, 0.05) is 5.54 Å². The maximum absolute atomic E-state index is 5.76. The normalized spacial score (nSPS) is 13.2. The second kappa shape index (κ2) is 9.02. The molecule has 1 aromatic rings. The van der Waals surface area contributed by atoms with E-state index in [0.717, 1.165) is 31.2 Å². The van der Waals surface area contributed by atoms with E-state index < -0.39 is 0 Å². The van der Waals surface area contributed by atoms with Crippen molar-refractivity contribution < 1.29 is 4.74 Å². The van der Waals surface area contributed by atoms with Gasteiger partial charge in [-0.25, -0.2) is 0 Å². The Bertz CT molecular complexity index is 342. The van der Waals surface area contributed by atoms with Crippen molar-refractivity contribution in [2.75, 3.05) is 13.2 Å². The summed E-state index contributed by atoms with van der Waals surface area (Å²) in [4.78, 5) is 0. The summed E-state index contributed by atoms with van der Waals surface area (Å²) < 4.78 is 5.76. The third kappa shape index (κ3) is 8.21. The fraction of sp³-hybridized carbons (Fsp3) is 0.667. The van der Waals surface area contributed by atoms with Gasteiger partial charge < -0.3 is 10.1 Å². The highest BCUT2D eigenvalue weighted by molar-refractivity contribution is 5.20. The third-order valence-corrected chi connectivity index (χ3v) is 3.39. The minimum absolute atomic E-state index is 0.215. The first-order valence-corrected chi connectivity index (χ1v) is 7.94. The third-order valence-electron chi connectivity index (χ3n) is 3.39. The molecule has 0 aliphatic carbocycles. The summed E-state index contributed by atoms with van der Waals surface area (Å²) in [6.45, 7) is 10.9. The van der Waals surface area contributed by atoms with Crippen LogP contribution in [-0.2, 0) is 0 Å². The minimum atomic E-state index is 0.215. The van der Waals surface area contributed by atoms with Crippen molar-refractivity contribution in [3.8, 4) is 5.75 Å². The maximum Gasteiger partial charge on any atom is 0.119 e. The van der Waals surface area contributed by atoms with E-state index in [1.54, 1.807) is 0 Å². The second-order valence-electron chi connectivity index (χ2n) is 6.59. The van der Waals surface area contributed by atoms with Crippen molar-refractivity contribution in [3.63, 3.8) is 0 Å². The number of hydrogen-bond donors (Lipinski definition) is 1. The Hall–Kier alpha value is -1.02. The molecule has 0 bridgehead atoms. The lowest BCUT2D eigenvalue weighted by Gasteiger charge is -2.25. The summed E-state index contributed by atoms with van der Waals surface area (Å²) >= 11 is 0. The molecule has 114 valence electrons. The molecule has 1 atom stereocenters. The first kappa shape index (κ1) is 17.0. The van der Waals surface area contributed by atoms with Gasteiger partial charge >= 0.3 is 0 Å². The average molecular weight is 277 g/mol. The number of rotatable bonds is 9. The molecule has 1 unspecified atom stereocenters. The Balaban J connectivity index is 2.21. The quantitative estimate of drug-likeness (QED) is 0.663. The van der Waals surface area contributed by atoms with Gasteiger partial charge in [-0.3, -0.25) is 0 Å². The number of para-hydroxylation sites is 1. The second-order valence-corrected chi connectivity index (χ2v) is 6.59. The zero-order chi connectivity index (χ0) is 14.8. The van der Waals surface area contributed by atoms with E-state index in [1.165, 1.54) is 19.3 Å². The van der Waals surface area contributed by atoms with Crippen LogP contribution in [0, 0.1) is 5.92 Å². The summed E-state index contributed by atoms with van der Waals surface area (Å²) in [5.41, 5.74) is 0.215. The van der Waals surface area contributed by atoms with E-state index in [-0.39, 0.29) is 5.54 Å². The summed E-state index contributed by atoms with van der Waals surface area (Å²) in [5.74, 6) is 1.74. The molecule has 0 aliphatic heterocycles. The molecule has 0 saturated heterocycles. The van der Waals surface area contributed by atoms with Gasteiger partial charge in [0.25, 0.3) is 0 Å². The Morgan fingerprint density at radius 2 is 1.80 bits per heavy atom. The van der Waals surface area contributed by atoms with Gasteiger partial charge in [-0.15, -0.1) is 0 Å². The molecule has 1 aromatic carbocycles. The van der Waals surface area contributed by atoms with Crippen LogP contribution in [0.3, 0.4) is 0 Å². The number of ether oxygens (including phenoxy) is 1. The van der Waals surface area contributed by atoms with Crippen molar-refractivity contribution in [1.29, 1.82) is 0 Å². The van der Waals surface area contributed by atoms with E-state index in [2.05, 4.69) is 33.0 Å². The average Bonchev–Trinajstić information content (AvgIpc) is 2.41. The maximum atomic E-state index is 5.76. The van der Waals surface area contributed by atoms with Crippen LogP contribution in [0.15, 0.2) is 30.3 Å². The van der Waals surface area contributed by atoms with Gasteiger partial charge in [0.1, 0.15) is 5.75 Å². The van der Waals surface area contributed by atoms with E-state index in [9.17, 15) is 0 Å². The molecule has 0 saturated carbocycles. The molecule has 0 fully saturated rings. The van der Waals surface area contributed by atoms with Crippen LogP contribution in [0.25, 0.3) is 0 Å². The largest absolute Gasteiger partial charge is 0.494 e. The summed E-state index contributed by atoms with van der Waals surface area (Å²) in [5, 5.41) is 3.62. The highest BCUT2D eigenvalue weighted by atomic mass is 16.5. The van der Waals surface area contributed by atoms with Gasteiger partial charge in [0.05, 0.1) is 6.61 Å². The minimum Gasteiger partial charge on any atom is -0.494 e. The fourth-order valence-electron chi connectivity index (χ4n) is 2.29. The first-order chi connectivity index (χ1) is 9.51. The van der Waals surface area contributed by atoms with Gasteiger partial charge in [0.2, 0.25) is 0 Å². The molecule has 0 heterocycles. The molecule has 0 aromatic heterocycles. The highest BCUT2D eigenvalue weighted by Gasteiger charge is 2.13.